The van der Waals surface area contributed by atoms with Crippen molar-refractivity contribution in [3.63, 3.8) is 0 Å². The molecule has 2 aromatic rings. The van der Waals surface area contributed by atoms with Crippen molar-refractivity contribution in [2.45, 2.75) is 89.4 Å². The smallest absolute Gasteiger partial charge is 0.409 e. The molecule has 0 unspecified atom stereocenters. The lowest BCUT2D eigenvalue weighted by atomic mass is 9.93. The van der Waals surface area contributed by atoms with Crippen molar-refractivity contribution in [3.8, 4) is 5.75 Å². The average Bonchev–Trinajstić information content (AvgIpc) is 3.80. The van der Waals surface area contributed by atoms with Crippen LogP contribution in [0.25, 0.3) is 10.9 Å². The van der Waals surface area contributed by atoms with Gasteiger partial charge in [-0.1, -0.05) is 6.07 Å². The highest BCUT2D eigenvalue weighted by Crippen LogP contribution is 2.30. The van der Waals surface area contributed by atoms with Crippen LogP contribution in [0, 0.1) is 12.8 Å². The summed E-state index contributed by atoms with van der Waals surface area (Å²) in [7, 11) is 0. The molecular weight excluding hydrogens is 644 g/mol. The van der Waals surface area contributed by atoms with Crippen molar-refractivity contribution < 1.29 is 38.6 Å². The summed E-state index contributed by atoms with van der Waals surface area (Å²) in [5.41, 5.74) is 1.36. The van der Waals surface area contributed by atoms with E-state index in [-0.39, 0.29) is 67.4 Å². The largest absolute Gasteiger partial charge is 0.480 e. The third kappa shape index (κ3) is 8.28. The highest BCUT2D eigenvalue weighted by molar-refractivity contribution is 5.99. The molecule has 2 aliphatic heterocycles. The summed E-state index contributed by atoms with van der Waals surface area (Å²) in [5, 5.41) is 16.2. The quantitative estimate of drug-likeness (QED) is 0.302. The Morgan fingerprint density at radius 3 is 2.36 bits per heavy atom. The van der Waals surface area contributed by atoms with Crippen LogP contribution in [-0.2, 0) is 19.1 Å². The Morgan fingerprint density at radius 2 is 1.68 bits per heavy atom. The normalized spacial score (nSPS) is 20.5. The number of aliphatic hydroxyl groups excluding tert-OH is 1. The minimum atomic E-state index is -1.03. The number of ether oxygens (including phenoxy) is 2. The topological polar surface area (TPSA) is 171 Å². The number of aromatic nitrogens is 1. The first kappa shape index (κ1) is 35.4. The van der Waals surface area contributed by atoms with Gasteiger partial charge < -0.3 is 39.9 Å². The van der Waals surface area contributed by atoms with Crippen LogP contribution < -0.4 is 15.4 Å². The number of aliphatic hydroxyl groups is 1. The Kier molecular flexibility index (Phi) is 11.0. The average molecular weight is 693 g/mol. The first-order chi connectivity index (χ1) is 24.1. The Hall–Kier alpha value is -4.46. The number of rotatable bonds is 12. The van der Waals surface area contributed by atoms with Gasteiger partial charge in [-0.05, 0) is 88.8 Å². The summed E-state index contributed by atoms with van der Waals surface area (Å²) in [4.78, 5) is 75.5. The summed E-state index contributed by atoms with van der Waals surface area (Å²) in [6, 6.07) is 5.56. The van der Waals surface area contributed by atoms with E-state index in [1.54, 1.807) is 27.7 Å². The van der Waals surface area contributed by atoms with Crippen molar-refractivity contribution in [1.82, 2.24) is 30.3 Å². The van der Waals surface area contributed by atoms with Gasteiger partial charge in [0.15, 0.2) is 6.10 Å². The molecule has 0 spiro atoms. The van der Waals surface area contributed by atoms with Crippen LogP contribution in [0.5, 0.6) is 5.75 Å². The highest BCUT2D eigenvalue weighted by Gasteiger charge is 2.38. The molecule has 3 atom stereocenters. The SMILES string of the molecule is Cc1ccc2c(O[C@H](C)C(=O)N3CCC[C@H]3C(=O)NC3CCC3)cc(C(=O)N[C@@H](CCO)C(=O)N3CCN(C(=O)OCC4CC4)CC3)nc2c1. The Labute approximate surface area is 291 Å². The summed E-state index contributed by atoms with van der Waals surface area (Å²) in [5.74, 6) is -0.727. The first-order valence-corrected chi connectivity index (χ1v) is 17.9. The van der Waals surface area contributed by atoms with E-state index < -0.39 is 24.1 Å². The molecule has 3 heterocycles. The molecule has 2 aliphatic carbocycles. The van der Waals surface area contributed by atoms with Crippen LogP contribution in [-0.4, -0.2) is 125 Å². The third-order valence-corrected chi connectivity index (χ3v) is 10.1. The van der Waals surface area contributed by atoms with Crippen molar-refractivity contribution in [2.24, 2.45) is 5.92 Å². The van der Waals surface area contributed by atoms with Gasteiger partial charge in [-0.25, -0.2) is 9.78 Å². The summed E-state index contributed by atoms with van der Waals surface area (Å²) in [6.45, 7) is 5.22. The Bertz CT molecular complexity index is 1600. The molecule has 0 radical (unpaired) electrons. The summed E-state index contributed by atoms with van der Waals surface area (Å²) >= 11 is 0. The third-order valence-electron chi connectivity index (χ3n) is 10.1. The highest BCUT2D eigenvalue weighted by atomic mass is 16.6. The molecule has 5 amide bonds. The first-order valence-electron chi connectivity index (χ1n) is 17.9. The van der Waals surface area contributed by atoms with Gasteiger partial charge in [-0.2, -0.15) is 0 Å². The van der Waals surface area contributed by atoms with E-state index in [0.717, 1.165) is 44.1 Å². The maximum atomic E-state index is 13.7. The van der Waals surface area contributed by atoms with Gasteiger partial charge in [-0.3, -0.25) is 19.2 Å². The van der Waals surface area contributed by atoms with Gasteiger partial charge in [0.05, 0.1) is 12.1 Å². The Morgan fingerprint density at radius 1 is 0.940 bits per heavy atom. The second kappa shape index (κ2) is 15.6. The molecule has 50 heavy (non-hydrogen) atoms. The summed E-state index contributed by atoms with van der Waals surface area (Å²) in [6.07, 6.45) is 5.13. The van der Waals surface area contributed by atoms with Crippen LogP contribution in [0.2, 0.25) is 0 Å². The molecule has 1 aromatic heterocycles. The molecule has 4 aliphatic rings. The molecular formula is C36H48N6O8. The number of nitrogens with zero attached hydrogens (tertiary/aromatic N) is 4. The van der Waals surface area contributed by atoms with E-state index in [1.807, 2.05) is 19.1 Å². The molecule has 0 bridgehead atoms. The number of fused-ring (bicyclic) bond motifs is 1. The lowest BCUT2D eigenvalue weighted by molar-refractivity contribution is -0.143. The number of hydrogen-bond donors (Lipinski definition) is 3. The van der Waals surface area contributed by atoms with Crippen LogP contribution in [0.4, 0.5) is 4.79 Å². The fourth-order valence-electron chi connectivity index (χ4n) is 6.66. The number of amides is 5. The maximum absolute atomic E-state index is 13.7. The fourth-order valence-corrected chi connectivity index (χ4v) is 6.66. The van der Waals surface area contributed by atoms with Crippen molar-refractivity contribution >= 4 is 40.6 Å². The zero-order chi connectivity index (χ0) is 35.4. The van der Waals surface area contributed by atoms with E-state index in [2.05, 4.69) is 15.6 Å². The van der Waals surface area contributed by atoms with Gasteiger partial charge in [-0.15, -0.1) is 0 Å². The number of piperazine rings is 1. The van der Waals surface area contributed by atoms with Crippen LogP contribution in [0.3, 0.4) is 0 Å². The Balaban J connectivity index is 1.12. The van der Waals surface area contributed by atoms with Gasteiger partial charge >= 0.3 is 6.09 Å². The molecule has 2 saturated carbocycles. The molecule has 4 fully saturated rings. The minimum Gasteiger partial charge on any atom is -0.480 e. The zero-order valence-electron chi connectivity index (χ0n) is 28.9. The molecule has 3 N–H and O–H groups in total. The standard InChI is InChI=1S/C36H48N6O8/c1-22-8-11-26-28(19-22)38-29(20-31(26)50-23(2)34(46)42-13-4-7-30(42)33(45)37-25-5-3-6-25)32(44)39-27(12-18-43)35(47)40-14-16-41(17-15-40)36(48)49-21-24-9-10-24/h8,11,19-20,23-25,27,30,43H,3-7,9-10,12-18,21H2,1-2H3,(H,37,45)(H,39,44)/t23-,27+,30+/m1/s1. The fraction of sp³-hybridized carbons (Fsp3) is 0.611. The van der Waals surface area contributed by atoms with Crippen molar-refractivity contribution in [2.75, 3.05) is 45.9 Å². The van der Waals surface area contributed by atoms with E-state index in [4.69, 9.17) is 9.47 Å². The molecule has 14 nitrogen and oxygen atoms in total. The predicted octanol–water partition coefficient (Wildman–Crippen LogP) is 2.14. The lowest BCUT2D eigenvalue weighted by Crippen LogP contribution is -2.56. The maximum Gasteiger partial charge on any atom is 0.409 e. The number of nitrogens with one attached hydrogen (secondary N) is 2. The van der Waals surface area contributed by atoms with E-state index in [0.29, 0.717) is 49.5 Å². The molecule has 1 aromatic carbocycles. The molecule has 6 rings (SSSR count). The predicted molar refractivity (Wildman–Crippen MR) is 182 cm³/mol. The molecule has 2 saturated heterocycles. The number of aryl methyl sites for hydroxylation is 1. The number of likely N-dealkylation sites (tertiary alicyclic amines) is 1. The summed E-state index contributed by atoms with van der Waals surface area (Å²) < 4.78 is 11.6. The number of carbonyl (C=O) groups is 5. The molecule has 14 heteroatoms. The zero-order valence-corrected chi connectivity index (χ0v) is 28.9. The van der Waals surface area contributed by atoms with Gasteiger partial charge in [0.1, 0.15) is 23.5 Å². The van der Waals surface area contributed by atoms with E-state index in [1.165, 1.54) is 6.07 Å². The molecule has 270 valence electrons. The number of hydrogen-bond acceptors (Lipinski definition) is 9. The number of benzene rings is 1. The second-order valence-corrected chi connectivity index (χ2v) is 14.0. The minimum absolute atomic E-state index is 0.0128. The van der Waals surface area contributed by atoms with Crippen LogP contribution in [0.15, 0.2) is 24.3 Å². The second-order valence-electron chi connectivity index (χ2n) is 14.0. The van der Waals surface area contributed by atoms with Crippen molar-refractivity contribution in [3.05, 3.63) is 35.5 Å². The van der Waals surface area contributed by atoms with Crippen molar-refractivity contribution in [1.29, 1.82) is 0 Å². The van der Waals surface area contributed by atoms with Crippen LogP contribution >= 0.6 is 0 Å². The van der Waals surface area contributed by atoms with Crippen LogP contribution in [0.1, 0.15) is 74.3 Å². The lowest BCUT2D eigenvalue weighted by Gasteiger charge is -2.36. The monoisotopic (exact) mass is 692 g/mol. The van der Waals surface area contributed by atoms with Gasteiger partial charge in [0.25, 0.3) is 11.8 Å². The van der Waals surface area contributed by atoms with E-state index >= 15 is 0 Å². The van der Waals surface area contributed by atoms with Gasteiger partial charge in [0, 0.05) is 56.8 Å². The number of carbonyl (C=O) groups excluding carboxylic acids is 5. The van der Waals surface area contributed by atoms with Gasteiger partial charge in [0.2, 0.25) is 11.8 Å². The number of pyridine rings is 1. The van der Waals surface area contributed by atoms with E-state index in [9.17, 15) is 29.1 Å².